The first-order valence-electron chi connectivity index (χ1n) is 10.8. The molecule has 1 aromatic rings. The Bertz CT molecular complexity index is 925. The molecule has 4 rings (SSSR count). The molecule has 12 heteroatoms. The third-order valence-electron chi connectivity index (χ3n) is 6.55. The minimum absolute atomic E-state index is 0.112. The minimum Gasteiger partial charge on any atom is -0.480 e. The Morgan fingerprint density at radius 2 is 2.16 bits per heavy atom. The standard InChI is InChI=1S/C20H28N6O5S/c1-20(2)15(18(28)29)25-16(27)14(17(25)32-20)22-12-23-9-5-13(6-10-23)4-3-8-24-11-7-21-19(24)26(30)31/h7,11-15,17H,3-6,8-10H2,1-2H3,(H,28,29)/t14?,15-,17?/m0/s1. The van der Waals surface area contributed by atoms with E-state index in [1.54, 1.807) is 17.1 Å². The summed E-state index contributed by atoms with van der Waals surface area (Å²) in [4.78, 5) is 46.4. The first-order chi connectivity index (χ1) is 15.2. The monoisotopic (exact) mass is 464 g/mol. The number of likely N-dealkylation sites (tertiary alicyclic amines) is 1. The van der Waals surface area contributed by atoms with Gasteiger partial charge in [0.25, 0.3) is 5.91 Å². The van der Waals surface area contributed by atoms with Gasteiger partial charge in [-0.3, -0.25) is 9.79 Å². The second kappa shape index (κ2) is 8.72. The van der Waals surface area contributed by atoms with Crippen LogP contribution in [0.25, 0.3) is 0 Å². The van der Waals surface area contributed by atoms with Crippen LogP contribution in [0.2, 0.25) is 0 Å². The quantitative estimate of drug-likeness (QED) is 0.202. The number of rotatable bonds is 8. The summed E-state index contributed by atoms with van der Waals surface area (Å²) >= 11 is 1.51. The van der Waals surface area contributed by atoms with Crippen molar-refractivity contribution in [3.05, 3.63) is 22.5 Å². The number of nitro groups is 1. The number of amides is 1. The fourth-order valence-corrected chi connectivity index (χ4v) is 6.47. The zero-order chi connectivity index (χ0) is 23.0. The van der Waals surface area contributed by atoms with Crippen molar-refractivity contribution in [1.29, 1.82) is 0 Å². The van der Waals surface area contributed by atoms with Crippen LogP contribution in [-0.4, -0.2) is 82.9 Å². The van der Waals surface area contributed by atoms with Crippen LogP contribution < -0.4 is 0 Å². The molecule has 0 aromatic carbocycles. The lowest BCUT2D eigenvalue weighted by Gasteiger charge is -2.41. The van der Waals surface area contributed by atoms with E-state index in [2.05, 4.69) is 14.9 Å². The number of carboxylic acid groups (broad SMARTS) is 1. The van der Waals surface area contributed by atoms with E-state index < -0.39 is 27.7 Å². The molecule has 1 aromatic heterocycles. The number of carbonyl (C=O) groups is 2. The summed E-state index contributed by atoms with van der Waals surface area (Å²) in [6.45, 7) is 6.01. The molecule has 1 N–H and O–H groups in total. The van der Waals surface area contributed by atoms with Gasteiger partial charge < -0.3 is 25.0 Å². The molecule has 3 fully saturated rings. The topological polar surface area (TPSA) is 134 Å². The van der Waals surface area contributed by atoms with E-state index in [-0.39, 0.29) is 17.2 Å². The second-order valence-electron chi connectivity index (χ2n) is 9.11. The van der Waals surface area contributed by atoms with E-state index in [9.17, 15) is 24.8 Å². The van der Waals surface area contributed by atoms with Crippen LogP contribution in [-0.2, 0) is 16.1 Å². The lowest BCUT2D eigenvalue weighted by atomic mass is 9.92. The maximum atomic E-state index is 12.5. The SMILES string of the molecule is CC1(C)SC2C(N=CN3CCC(CCCn4ccnc4[N+](=O)[O-])CC3)C(=O)N2[C@H]1C(=O)O. The highest BCUT2D eigenvalue weighted by atomic mass is 32.2. The van der Waals surface area contributed by atoms with Crippen LogP contribution in [0, 0.1) is 16.0 Å². The highest BCUT2D eigenvalue weighted by Crippen LogP contribution is 2.51. The summed E-state index contributed by atoms with van der Waals surface area (Å²) in [5.74, 6) is -0.727. The van der Waals surface area contributed by atoms with Gasteiger partial charge >= 0.3 is 11.9 Å². The average Bonchev–Trinajstić information content (AvgIpc) is 3.30. The van der Waals surface area contributed by atoms with Crippen molar-refractivity contribution in [3.63, 3.8) is 0 Å². The molecule has 11 nitrogen and oxygen atoms in total. The molecule has 0 radical (unpaired) electrons. The van der Waals surface area contributed by atoms with Crippen molar-refractivity contribution in [2.75, 3.05) is 13.1 Å². The van der Waals surface area contributed by atoms with Crippen molar-refractivity contribution < 1.29 is 19.6 Å². The number of aromatic nitrogens is 2. The highest BCUT2D eigenvalue weighted by Gasteiger charge is 2.63. The number of piperidine rings is 1. The Hall–Kier alpha value is -2.63. The Balaban J connectivity index is 1.22. The van der Waals surface area contributed by atoms with Gasteiger partial charge in [0.05, 0.1) is 12.9 Å². The molecule has 1 amide bonds. The van der Waals surface area contributed by atoms with E-state index in [0.29, 0.717) is 12.5 Å². The second-order valence-corrected chi connectivity index (χ2v) is 10.9. The Labute approximate surface area is 190 Å². The van der Waals surface area contributed by atoms with Crippen molar-refractivity contribution in [1.82, 2.24) is 19.4 Å². The van der Waals surface area contributed by atoms with Crippen LogP contribution >= 0.6 is 11.8 Å². The number of hydrogen-bond acceptors (Lipinski definition) is 7. The number of aliphatic imine (C=N–C) groups is 1. The molecule has 3 aliphatic rings. The van der Waals surface area contributed by atoms with Gasteiger partial charge in [-0.05, 0) is 50.4 Å². The molecule has 4 heterocycles. The van der Waals surface area contributed by atoms with Crippen molar-refractivity contribution in [2.24, 2.45) is 10.9 Å². The van der Waals surface area contributed by atoms with E-state index in [4.69, 9.17) is 0 Å². The normalized spacial score (nSPS) is 27.6. The third kappa shape index (κ3) is 4.19. The van der Waals surface area contributed by atoms with Gasteiger partial charge in [0.15, 0.2) is 6.04 Å². The summed E-state index contributed by atoms with van der Waals surface area (Å²) in [6.07, 6.45) is 8.73. The fraction of sp³-hybridized carbons (Fsp3) is 0.700. The fourth-order valence-electron chi connectivity index (χ4n) is 4.85. The minimum atomic E-state index is -0.967. The number of carbonyl (C=O) groups excluding carboxylic acids is 1. The smallest absolute Gasteiger partial charge is 0.434 e. The lowest BCUT2D eigenvalue weighted by Crippen LogP contribution is -2.65. The first kappa shape index (κ1) is 22.6. The van der Waals surface area contributed by atoms with Gasteiger partial charge in [0, 0.05) is 17.8 Å². The van der Waals surface area contributed by atoms with Gasteiger partial charge in [0.1, 0.15) is 23.8 Å². The molecule has 2 unspecified atom stereocenters. The Morgan fingerprint density at radius 1 is 1.44 bits per heavy atom. The van der Waals surface area contributed by atoms with E-state index in [0.717, 1.165) is 38.8 Å². The lowest BCUT2D eigenvalue weighted by molar-refractivity contribution is -0.396. The van der Waals surface area contributed by atoms with Crippen LogP contribution in [0.15, 0.2) is 17.4 Å². The molecule has 0 bridgehead atoms. The zero-order valence-corrected chi connectivity index (χ0v) is 19.0. The zero-order valence-electron chi connectivity index (χ0n) is 18.2. The molecular weight excluding hydrogens is 436 g/mol. The van der Waals surface area contributed by atoms with Gasteiger partial charge in [-0.1, -0.05) is 4.98 Å². The van der Waals surface area contributed by atoms with Gasteiger partial charge in [-0.2, -0.15) is 0 Å². The van der Waals surface area contributed by atoms with Crippen molar-refractivity contribution >= 4 is 35.9 Å². The van der Waals surface area contributed by atoms with Crippen LogP contribution in [0.1, 0.15) is 39.5 Å². The molecular formula is C20H28N6O5S. The molecule has 174 valence electrons. The predicted molar refractivity (Wildman–Crippen MR) is 118 cm³/mol. The number of aryl methyl sites for hydroxylation is 1. The summed E-state index contributed by atoms with van der Waals surface area (Å²) in [5, 5.41) is 20.2. The average molecular weight is 465 g/mol. The maximum absolute atomic E-state index is 12.5. The van der Waals surface area contributed by atoms with E-state index >= 15 is 0 Å². The Kier molecular flexibility index (Phi) is 6.15. The number of aliphatic carboxylic acids is 1. The van der Waals surface area contributed by atoms with Gasteiger partial charge in [0.2, 0.25) is 0 Å². The Morgan fingerprint density at radius 3 is 2.81 bits per heavy atom. The molecule has 3 aliphatic heterocycles. The number of carboxylic acids is 1. The van der Waals surface area contributed by atoms with Crippen LogP contribution in [0.5, 0.6) is 0 Å². The largest absolute Gasteiger partial charge is 0.480 e. The third-order valence-corrected chi connectivity index (χ3v) is 8.11. The molecule has 3 atom stereocenters. The number of imidazole rings is 1. The number of thioether (sulfide) groups is 1. The summed E-state index contributed by atoms with van der Waals surface area (Å²) in [7, 11) is 0. The van der Waals surface area contributed by atoms with Crippen molar-refractivity contribution in [2.45, 2.75) is 68.3 Å². The summed E-state index contributed by atoms with van der Waals surface area (Å²) in [6, 6.07) is -1.32. The predicted octanol–water partition coefficient (Wildman–Crippen LogP) is 1.83. The summed E-state index contributed by atoms with van der Waals surface area (Å²) < 4.78 is 1.05. The number of β-lactam (4-membered cyclic amide) rings is 1. The van der Waals surface area contributed by atoms with Crippen molar-refractivity contribution in [3.8, 4) is 0 Å². The number of hydrogen-bond donors (Lipinski definition) is 1. The highest BCUT2D eigenvalue weighted by molar-refractivity contribution is 8.01. The van der Waals surface area contributed by atoms with Crippen LogP contribution in [0.4, 0.5) is 5.95 Å². The number of fused-ring (bicyclic) bond motifs is 1. The first-order valence-corrected chi connectivity index (χ1v) is 11.7. The summed E-state index contributed by atoms with van der Waals surface area (Å²) in [5.41, 5.74) is 0. The molecule has 3 saturated heterocycles. The van der Waals surface area contributed by atoms with E-state index in [1.807, 2.05) is 13.8 Å². The van der Waals surface area contributed by atoms with Gasteiger partial charge in [-0.25, -0.2) is 9.36 Å². The molecule has 0 spiro atoms. The van der Waals surface area contributed by atoms with E-state index in [1.165, 1.54) is 22.9 Å². The maximum Gasteiger partial charge on any atom is 0.434 e. The molecule has 0 aliphatic carbocycles. The molecule has 0 saturated carbocycles. The number of nitrogens with zero attached hydrogens (tertiary/aromatic N) is 6. The van der Waals surface area contributed by atoms with Gasteiger partial charge in [-0.15, -0.1) is 11.8 Å². The molecule has 32 heavy (non-hydrogen) atoms. The van der Waals surface area contributed by atoms with Crippen LogP contribution in [0.3, 0.4) is 0 Å².